The van der Waals surface area contributed by atoms with Crippen LogP contribution in [0.2, 0.25) is 0 Å². The van der Waals surface area contributed by atoms with Gasteiger partial charge in [0.2, 0.25) is 5.91 Å². The molecule has 20 heavy (non-hydrogen) atoms. The minimum absolute atomic E-state index is 0.0480. The molecule has 2 aliphatic rings. The van der Waals surface area contributed by atoms with Crippen LogP contribution in [0.5, 0.6) is 0 Å². The van der Waals surface area contributed by atoms with Crippen molar-refractivity contribution in [2.24, 2.45) is 17.6 Å². The molecule has 1 aromatic carbocycles. The Balaban J connectivity index is 1.70. The number of amides is 1. The molecule has 5 heteroatoms. The number of piperidine rings is 2. The van der Waals surface area contributed by atoms with Crippen molar-refractivity contribution in [2.45, 2.75) is 12.5 Å². The fourth-order valence-electron chi connectivity index (χ4n) is 3.30. The number of nitrogens with one attached hydrogen (secondary N) is 1. The highest BCUT2D eigenvalue weighted by Gasteiger charge is 2.34. The predicted molar refractivity (Wildman–Crippen MR) is 74.4 cm³/mol. The number of halogens is 1. The summed E-state index contributed by atoms with van der Waals surface area (Å²) >= 11 is 0. The third kappa shape index (κ3) is 2.69. The summed E-state index contributed by atoms with van der Waals surface area (Å²) in [6, 6.07) is 5.17. The molecular weight excluding hydrogens is 257 g/mol. The first kappa shape index (κ1) is 13.5. The summed E-state index contributed by atoms with van der Waals surface area (Å²) < 4.78 is 12.9. The average Bonchev–Trinajstić information content (AvgIpc) is 2.46. The third-order valence-corrected chi connectivity index (χ3v) is 4.30. The SMILES string of the molecule is N[C@H](C(=O)N1C[C@@H]2CNC[C@@H](C2)C1)c1ccc(F)cc1. The Hall–Kier alpha value is -1.46. The van der Waals surface area contributed by atoms with Gasteiger partial charge in [0.05, 0.1) is 0 Å². The van der Waals surface area contributed by atoms with Crippen LogP contribution >= 0.6 is 0 Å². The summed E-state index contributed by atoms with van der Waals surface area (Å²) in [5.74, 6) is 0.707. The number of carbonyl (C=O) groups excluding carboxylic acids is 1. The summed E-state index contributed by atoms with van der Waals surface area (Å²) in [6.07, 6.45) is 1.20. The molecule has 1 amide bonds. The van der Waals surface area contributed by atoms with E-state index in [0.717, 1.165) is 26.2 Å². The Morgan fingerprint density at radius 2 is 1.85 bits per heavy atom. The van der Waals surface area contributed by atoms with Gasteiger partial charge < -0.3 is 16.0 Å². The molecule has 3 atom stereocenters. The fourth-order valence-corrected chi connectivity index (χ4v) is 3.30. The first-order chi connectivity index (χ1) is 9.63. The molecule has 4 nitrogen and oxygen atoms in total. The molecule has 0 saturated carbocycles. The van der Waals surface area contributed by atoms with Gasteiger partial charge in [-0.1, -0.05) is 12.1 Å². The van der Waals surface area contributed by atoms with Gasteiger partial charge in [-0.2, -0.15) is 0 Å². The molecule has 0 spiro atoms. The Morgan fingerprint density at radius 1 is 1.25 bits per heavy atom. The molecule has 3 rings (SSSR count). The molecule has 0 aromatic heterocycles. The lowest BCUT2D eigenvalue weighted by atomic mass is 9.85. The van der Waals surface area contributed by atoms with Gasteiger partial charge in [-0.3, -0.25) is 4.79 Å². The lowest BCUT2D eigenvalue weighted by Gasteiger charge is -2.42. The van der Waals surface area contributed by atoms with Crippen LogP contribution in [0.3, 0.4) is 0 Å². The van der Waals surface area contributed by atoms with Crippen molar-refractivity contribution in [3.63, 3.8) is 0 Å². The van der Waals surface area contributed by atoms with E-state index in [4.69, 9.17) is 5.73 Å². The molecule has 2 fully saturated rings. The molecule has 2 saturated heterocycles. The molecule has 2 bridgehead atoms. The maximum absolute atomic E-state index is 12.9. The lowest BCUT2D eigenvalue weighted by molar-refractivity contribution is -0.136. The summed E-state index contributed by atoms with van der Waals surface area (Å²) in [6.45, 7) is 3.51. The topological polar surface area (TPSA) is 58.4 Å². The second-order valence-electron chi connectivity index (χ2n) is 5.90. The van der Waals surface area contributed by atoms with Gasteiger partial charge in [0.25, 0.3) is 0 Å². The van der Waals surface area contributed by atoms with Crippen LogP contribution in [0, 0.1) is 17.7 Å². The van der Waals surface area contributed by atoms with Gasteiger partial charge >= 0.3 is 0 Å². The predicted octanol–water partition coefficient (Wildman–Crippen LogP) is 0.893. The minimum Gasteiger partial charge on any atom is -0.340 e. The number of carbonyl (C=O) groups is 1. The lowest BCUT2D eigenvalue weighted by Crippen LogP contribution is -2.54. The smallest absolute Gasteiger partial charge is 0.244 e. The van der Waals surface area contributed by atoms with E-state index in [1.54, 1.807) is 12.1 Å². The molecule has 2 heterocycles. The fraction of sp³-hybridized carbons (Fsp3) is 0.533. The summed E-state index contributed by atoms with van der Waals surface area (Å²) in [4.78, 5) is 14.4. The van der Waals surface area contributed by atoms with Crippen molar-refractivity contribution in [1.29, 1.82) is 0 Å². The van der Waals surface area contributed by atoms with Crippen LogP contribution in [0.4, 0.5) is 4.39 Å². The Kier molecular flexibility index (Phi) is 3.72. The zero-order valence-corrected chi connectivity index (χ0v) is 11.4. The Morgan fingerprint density at radius 3 is 2.45 bits per heavy atom. The van der Waals surface area contributed by atoms with Crippen LogP contribution < -0.4 is 11.1 Å². The molecule has 0 unspecified atom stereocenters. The second-order valence-corrected chi connectivity index (χ2v) is 5.90. The number of nitrogens with two attached hydrogens (primary N) is 1. The van der Waals surface area contributed by atoms with E-state index in [-0.39, 0.29) is 11.7 Å². The molecule has 108 valence electrons. The van der Waals surface area contributed by atoms with Crippen molar-refractivity contribution < 1.29 is 9.18 Å². The summed E-state index contributed by atoms with van der Waals surface area (Å²) in [5, 5.41) is 3.40. The van der Waals surface area contributed by atoms with Crippen molar-refractivity contribution >= 4 is 5.91 Å². The van der Waals surface area contributed by atoms with E-state index in [1.165, 1.54) is 18.6 Å². The zero-order valence-electron chi connectivity index (χ0n) is 11.4. The maximum Gasteiger partial charge on any atom is 0.244 e. The molecule has 3 N–H and O–H groups in total. The Labute approximate surface area is 118 Å². The van der Waals surface area contributed by atoms with Gasteiger partial charge in [-0.05, 0) is 49.0 Å². The summed E-state index contributed by atoms with van der Waals surface area (Å²) in [7, 11) is 0. The van der Waals surface area contributed by atoms with Crippen LogP contribution in [0.15, 0.2) is 24.3 Å². The van der Waals surface area contributed by atoms with Crippen molar-refractivity contribution in [3.8, 4) is 0 Å². The van der Waals surface area contributed by atoms with E-state index in [2.05, 4.69) is 5.32 Å². The van der Waals surface area contributed by atoms with Crippen molar-refractivity contribution in [2.75, 3.05) is 26.2 Å². The van der Waals surface area contributed by atoms with E-state index in [0.29, 0.717) is 17.4 Å². The number of likely N-dealkylation sites (tertiary alicyclic amines) is 1. The average molecular weight is 277 g/mol. The van der Waals surface area contributed by atoms with Crippen LogP contribution in [0.25, 0.3) is 0 Å². The van der Waals surface area contributed by atoms with Gasteiger partial charge in [0.1, 0.15) is 11.9 Å². The largest absolute Gasteiger partial charge is 0.340 e. The number of benzene rings is 1. The number of rotatable bonds is 2. The minimum atomic E-state index is -0.692. The number of hydrogen-bond donors (Lipinski definition) is 2. The normalized spacial score (nSPS) is 27.2. The summed E-state index contributed by atoms with van der Waals surface area (Å²) in [5.41, 5.74) is 6.71. The monoisotopic (exact) mass is 277 g/mol. The highest BCUT2D eigenvalue weighted by atomic mass is 19.1. The molecule has 0 aliphatic carbocycles. The third-order valence-electron chi connectivity index (χ3n) is 4.30. The maximum atomic E-state index is 12.9. The highest BCUT2D eigenvalue weighted by Crippen LogP contribution is 2.26. The van der Waals surface area contributed by atoms with E-state index in [9.17, 15) is 9.18 Å². The molecule has 2 aliphatic heterocycles. The van der Waals surface area contributed by atoms with Gasteiger partial charge in [-0.15, -0.1) is 0 Å². The quantitative estimate of drug-likeness (QED) is 0.844. The number of fused-ring (bicyclic) bond motifs is 2. The van der Waals surface area contributed by atoms with Gasteiger partial charge in [0, 0.05) is 13.1 Å². The van der Waals surface area contributed by atoms with Gasteiger partial charge in [-0.25, -0.2) is 4.39 Å². The van der Waals surface area contributed by atoms with E-state index < -0.39 is 6.04 Å². The second kappa shape index (κ2) is 5.50. The number of hydrogen-bond acceptors (Lipinski definition) is 3. The van der Waals surface area contributed by atoms with E-state index >= 15 is 0 Å². The highest BCUT2D eigenvalue weighted by molar-refractivity contribution is 5.83. The van der Waals surface area contributed by atoms with Crippen molar-refractivity contribution in [1.82, 2.24) is 10.2 Å². The molecule has 0 radical (unpaired) electrons. The van der Waals surface area contributed by atoms with Gasteiger partial charge in [0.15, 0.2) is 0 Å². The molecule has 1 aromatic rings. The zero-order chi connectivity index (χ0) is 14.1. The first-order valence-electron chi connectivity index (χ1n) is 7.14. The van der Waals surface area contributed by atoms with Crippen molar-refractivity contribution in [3.05, 3.63) is 35.6 Å². The number of nitrogens with zero attached hydrogens (tertiary/aromatic N) is 1. The molecular formula is C15H20FN3O. The van der Waals surface area contributed by atoms with Crippen LogP contribution in [-0.2, 0) is 4.79 Å². The standard InChI is InChI=1S/C15H20FN3O/c16-13-3-1-12(2-4-13)14(17)15(20)19-8-10-5-11(9-19)7-18-6-10/h1-4,10-11,14,18H,5-9,17H2/t10-,11+,14-/m0/s1. The Bertz CT molecular complexity index is 478. The first-order valence-corrected chi connectivity index (χ1v) is 7.14. The van der Waals surface area contributed by atoms with Crippen LogP contribution in [0.1, 0.15) is 18.0 Å². The van der Waals surface area contributed by atoms with E-state index in [1.807, 2.05) is 4.90 Å². The van der Waals surface area contributed by atoms with Crippen LogP contribution in [-0.4, -0.2) is 37.0 Å².